The molecule has 0 spiro atoms. The predicted molar refractivity (Wildman–Crippen MR) is 78.2 cm³/mol. The van der Waals surface area contributed by atoms with Crippen molar-refractivity contribution in [3.8, 4) is 0 Å². The monoisotopic (exact) mass is 281 g/mol. The highest BCUT2D eigenvalue weighted by atomic mass is 16.2. The number of amides is 2. The van der Waals surface area contributed by atoms with E-state index in [1.165, 1.54) is 6.42 Å². The van der Waals surface area contributed by atoms with Gasteiger partial charge in [0.15, 0.2) is 0 Å². The van der Waals surface area contributed by atoms with E-state index in [-0.39, 0.29) is 23.8 Å². The van der Waals surface area contributed by atoms with Crippen LogP contribution < -0.4 is 10.6 Å². The van der Waals surface area contributed by atoms with Crippen LogP contribution in [0, 0.1) is 5.92 Å². The van der Waals surface area contributed by atoms with E-state index in [2.05, 4.69) is 10.6 Å². The molecule has 5 nitrogen and oxygen atoms in total. The molecule has 1 heterocycles. The van der Waals surface area contributed by atoms with E-state index >= 15 is 0 Å². The van der Waals surface area contributed by atoms with Gasteiger partial charge in [-0.05, 0) is 19.8 Å². The Bertz CT molecular complexity index is 302. The van der Waals surface area contributed by atoms with Crippen LogP contribution in [0.25, 0.3) is 0 Å². The summed E-state index contributed by atoms with van der Waals surface area (Å²) in [7, 11) is 0. The van der Waals surface area contributed by atoms with E-state index in [1.54, 1.807) is 0 Å². The molecular weight excluding hydrogens is 254 g/mol. The van der Waals surface area contributed by atoms with Gasteiger partial charge in [0.1, 0.15) is 0 Å². The quantitative estimate of drug-likeness (QED) is 0.804. The Balaban J connectivity index is 1.72. The van der Waals surface area contributed by atoms with E-state index < -0.39 is 0 Å². The van der Waals surface area contributed by atoms with Crippen LogP contribution in [0.5, 0.6) is 0 Å². The zero-order chi connectivity index (χ0) is 14.4. The van der Waals surface area contributed by atoms with Crippen molar-refractivity contribution in [3.05, 3.63) is 0 Å². The third kappa shape index (κ3) is 4.47. The van der Waals surface area contributed by atoms with E-state index in [4.69, 9.17) is 0 Å². The van der Waals surface area contributed by atoms with Crippen LogP contribution in [0.3, 0.4) is 0 Å². The zero-order valence-electron chi connectivity index (χ0n) is 12.5. The highest BCUT2D eigenvalue weighted by molar-refractivity contribution is 5.81. The van der Waals surface area contributed by atoms with Gasteiger partial charge < -0.3 is 15.5 Å². The molecule has 0 bridgehead atoms. The fraction of sp³-hybridized carbons (Fsp3) is 0.867. The number of hydrogen-bond donors (Lipinski definition) is 2. The third-order valence-corrected chi connectivity index (χ3v) is 4.32. The Morgan fingerprint density at radius 2 is 1.85 bits per heavy atom. The minimum Gasteiger partial charge on any atom is -0.353 e. The number of carbonyl (C=O) groups is 2. The van der Waals surface area contributed by atoms with Gasteiger partial charge in [0.2, 0.25) is 11.8 Å². The second-order valence-electron chi connectivity index (χ2n) is 6.08. The van der Waals surface area contributed by atoms with Gasteiger partial charge in [-0.1, -0.05) is 19.3 Å². The predicted octanol–water partition coefficient (Wildman–Crippen LogP) is 0.893. The highest BCUT2D eigenvalue weighted by Crippen LogP contribution is 2.23. The van der Waals surface area contributed by atoms with Gasteiger partial charge in [-0.15, -0.1) is 0 Å². The maximum absolute atomic E-state index is 12.1. The van der Waals surface area contributed by atoms with Gasteiger partial charge in [-0.25, -0.2) is 0 Å². The SMILES string of the molecule is CC(CC(=O)N1CCNCC1)NC(=O)C1CCCCC1. The molecule has 0 aromatic heterocycles. The summed E-state index contributed by atoms with van der Waals surface area (Å²) < 4.78 is 0. The number of carbonyl (C=O) groups excluding carboxylic acids is 2. The van der Waals surface area contributed by atoms with Gasteiger partial charge in [0.05, 0.1) is 0 Å². The Labute approximate surface area is 121 Å². The largest absolute Gasteiger partial charge is 0.353 e. The molecule has 20 heavy (non-hydrogen) atoms. The molecule has 2 aliphatic rings. The highest BCUT2D eigenvalue weighted by Gasteiger charge is 2.24. The summed E-state index contributed by atoms with van der Waals surface area (Å²) in [6.07, 6.45) is 5.99. The number of nitrogens with zero attached hydrogens (tertiary/aromatic N) is 1. The van der Waals surface area contributed by atoms with E-state index in [9.17, 15) is 9.59 Å². The van der Waals surface area contributed by atoms with Crippen LogP contribution in [0.1, 0.15) is 45.4 Å². The molecule has 1 unspecified atom stereocenters. The number of nitrogens with one attached hydrogen (secondary N) is 2. The average Bonchev–Trinajstić information content (AvgIpc) is 2.49. The second kappa shape index (κ2) is 7.62. The first-order chi connectivity index (χ1) is 9.66. The van der Waals surface area contributed by atoms with Crippen molar-refractivity contribution in [3.63, 3.8) is 0 Å². The summed E-state index contributed by atoms with van der Waals surface area (Å²) >= 11 is 0. The summed E-state index contributed by atoms with van der Waals surface area (Å²) in [5.74, 6) is 0.466. The molecular formula is C15H27N3O2. The third-order valence-electron chi connectivity index (χ3n) is 4.32. The molecule has 1 aliphatic heterocycles. The number of piperazine rings is 1. The second-order valence-corrected chi connectivity index (χ2v) is 6.08. The molecule has 1 aliphatic carbocycles. The Morgan fingerprint density at radius 1 is 1.20 bits per heavy atom. The lowest BCUT2D eigenvalue weighted by Gasteiger charge is -2.29. The fourth-order valence-corrected chi connectivity index (χ4v) is 3.08. The van der Waals surface area contributed by atoms with Gasteiger partial charge in [0.25, 0.3) is 0 Å². The van der Waals surface area contributed by atoms with Crippen molar-refractivity contribution in [2.45, 2.75) is 51.5 Å². The molecule has 1 atom stereocenters. The van der Waals surface area contributed by atoms with Crippen LogP contribution in [-0.4, -0.2) is 48.9 Å². The fourth-order valence-electron chi connectivity index (χ4n) is 3.08. The van der Waals surface area contributed by atoms with Crippen LogP contribution >= 0.6 is 0 Å². The summed E-state index contributed by atoms with van der Waals surface area (Å²) in [6.45, 7) is 5.23. The standard InChI is InChI=1S/C15H27N3O2/c1-12(11-14(19)18-9-7-16-8-10-18)17-15(20)13-5-3-2-4-6-13/h12-13,16H,2-11H2,1H3,(H,17,20). The minimum atomic E-state index is -0.0631. The summed E-state index contributed by atoms with van der Waals surface area (Å²) in [4.78, 5) is 26.1. The molecule has 5 heteroatoms. The molecule has 1 saturated carbocycles. The normalized spacial score (nSPS) is 22.4. The van der Waals surface area contributed by atoms with Gasteiger partial charge in [0, 0.05) is 44.6 Å². The maximum Gasteiger partial charge on any atom is 0.224 e. The molecule has 0 aromatic rings. The first-order valence-electron chi connectivity index (χ1n) is 7.95. The summed E-state index contributed by atoms with van der Waals surface area (Å²) in [5.41, 5.74) is 0. The smallest absolute Gasteiger partial charge is 0.224 e. The Hall–Kier alpha value is -1.10. The van der Waals surface area contributed by atoms with Crippen LogP contribution in [0.2, 0.25) is 0 Å². The van der Waals surface area contributed by atoms with Crippen molar-refractivity contribution < 1.29 is 9.59 Å². The summed E-state index contributed by atoms with van der Waals surface area (Å²) in [5, 5.41) is 6.25. The van der Waals surface area contributed by atoms with E-state index in [0.717, 1.165) is 51.9 Å². The van der Waals surface area contributed by atoms with Crippen molar-refractivity contribution >= 4 is 11.8 Å². The molecule has 2 N–H and O–H groups in total. The van der Waals surface area contributed by atoms with Crippen LogP contribution in [0.4, 0.5) is 0 Å². The van der Waals surface area contributed by atoms with Crippen molar-refractivity contribution in [2.24, 2.45) is 5.92 Å². The Kier molecular flexibility index (Phi) is 5.83. The maximum atomic E-state index is 12.1. The topological polar surface area (TPSA) is 61.4 Å². The van der Waals surface area contributed by atoms with Crippen molar-refractivity contribution in [1.82, 2.24) is 15.5 Å². The lowest BCUT2D eigenvalue weighted by atomic mass is 9.88. The van der Waals surface area contributed by atoms with Crippen molar-refractivity contribution in [1.29, 1.82) is 0 Å². The van der Waals surface area contributed by atoms with E-state index in [1.807, 2.05) is 11.8 Å². The lowest BCUT2D eigenvalue weighted by molar-refractivity contribution is -0.132. The molecule has 114 valence electrons. The van der Waals surface area contributed by atoms with Gasteiger partial charge in [-0.2, -0.15) is 0 Å². The molecule has 2 amide bonds. The van der Waals surface area contributed by atoms with E-state index in [0.29, 0.717) is 6.42 Å². The minimum absolute atomic E-state index is 0.0631. The molecule has 1 saturated heterocycles. The van der Waals surface area contributed by atoms with Crippen LogP contribution in [0.15, 0.2) is 0 Å². The van der Waals surface area contributed by atoms with Gasteiger partial charge >= 0.3 is 0 Å². The average molecular weight is 281 g/mol. The lowest BCUT2D eigenvalue weighted by Crippen LogP contribution is -2.48. The molecule has 2 fully saturated rings. The van der Waals surface area contributed by atoms with Gasteiger partial charge in [-0.3, -0.25) is 9.59 Å². The molecule has 2 rings (SSSR count). The summed E-state index contributed by atoms with van der Waals surface area (Å²) in [6, 6.07) is -0.0631. The van der Waals surface area contributed by atoms with Crippen LogP contribution in [-0.2, 0) is 9.59 Å². The van der Waals surface area contributed by atoms with Crippen molar-refractivity contribution in [2.75, 3.05) is 26.2 Å². The number of rotatable bonds is 4. The first kappa shape index (κ1) is 15.3. The number of hydrogen-bond acceptors (Lipinski definition) is 3. The molecule has 0 aromatic carbocycles. The first-order valence-corrected chi connectivity index (χ1v) is 7.95. The molecule has 0 radical (unpaired) electrons. The Morgan fingerprint density at radius 3 is 2.50 bits per heavy atom. The zero-order valence-corrected chi connectivity index (χ0v) is 12.5.